The Hall–Kier alpha value is -2.50. The minimum Gasteiger partial charge on any atom is -0.497 e. The number of ether oxygens (including phenoxy) is 2. The number of nitrogens with one attached hydrogen (secondary N) is 1. The van der Waals surface area contributed by atoms with Crippen LogP contribution in [0.4, 0.5) is 0 Å². The van der Waals surface area contributed by atoms with Crippen LogP contribution in [0.15, 0.2) is 24.3 Å². The zero-order valence-electron chi connectivity index (χ0n) is 14.3. The van der Waals surface area contributed by atoms with Gasteiger partial charge in [0.05, 0.1) is 19.9 Å². The van der Waals surface area contributed by atoms with Crippen molar-refractivity contribution >= 4 is 5.91 Å². The molecule has 0 aliphatic heterocycles. The average Bonchev–Trinajstić information content (AvgIpc) is 3.23. The summed E-state index contributed by atoms with van der Waals surface area (Å²) in [5, 5.41) is 7.57. The van der Waals surface area contributed by atoms with E-state index in [1.54, 1.807) is 32.0 Å². The molecule has 0 bridgehead atoms. The molecule has 128 valence electrons. The first-order valence-corrected chi connectivity index (χ1v) is 8.19. The lowest BCUT2D eigenvalue weighted by Crippen LogP contribution is -2.33. The third-order valence-corrected chi connectivity index (χ3v) is 4.49. The lowest BCUT2D eigenvalue weighted by atomic mass is 10.1. The van der Waals surface area contributed by atoms with Crippen molar-refractivity contribution in [3.05, 3.63) is 30.0 Å². The van der Waals surface area contributed by atoms with E-state index in [2.05, 4.69) is 10.4 Å². The van der Waals surface area contributed by atoms with E-state index in [-0.39, 0.29) is 11.9 Å². The number of rotatable bonds is 5. The monoisotopic (exact) mass is 329 g/mol. The third-order valence-electron chi connectivity index (χ3n) is 4.49. The highest BCUT2D eigenvalue weighted by atomic mass is 16.5. The van der Waals surface area contributed by atoms with Crippen LogP contribution in [0.2, 0.25) is 0 Å². The van der Waals surface area contributed by atoms with E-state index >= 15 is 0 Å². The Kier molecular flexibility index (Phi) is 4.74. The van der Waals surface area contributed by atoms with Crippen molar-refractivity contribution in [3.63, 3.8) is 0 Å². The number of carbonyl (C=O) groups is 1. The first kappa shape index (κ1) is 16.4. The van der Waals surface area contributed by atoms with Crippen LogP contribution in [0.3, 0.4) is 0 Å². The molecule has 1 N–H and O–H groups in total. The highest BCUT2D eigenvalue weighted by Gasteiger charge is 2.21. The van der Waals surface area contributed by atoms with E-state index in [4.69, 9.17) is 9.47 Å². The Bertz CT molecular complexity index is 733. The highest BCUT2D eigenvalue weighted by Crippen LogP contribution is 2.32. The number of amides is 1. The lowest BCUT2D eigenvalue weighted by molar-refractivity contribution is 0.0928. The van der Waals surface area contributed by atoms with Gasteiger partial charge in [0.15, 0.2) is 0 Å². The molecule has 24 heavy (non-hydrogen) atoms. The van der Waals surface area contributed by atoms with E-state index in [0.717, 1.165) is 18.4 Å². The van der Waals surface area contributed by atoms with Gasteiger partial charge >= 0.3 is 0 Å². The van der Waals surface area contributed by atoms with Gasteiger partial charge in [0.25, 0.3) is 5.91 Å². The predicted octanol–water partition coefficient (Wildman–Crippen LogP) is 2.78. The third kappa shape index (κ3) is 3.22. The van der Waals surface area contributed by atoms with Gasteiger partial charge in [-0.05, 0) is 31.0 Å². The van der Waals surface area contributed by atoms with Crippen LogP contribution < -0.4 is 14.8 Å². The summed E-state index contributed by atoms with van der Waals surface area (Å²) >= 11 is 0. The molecule has 1 heterocycles. The summed E-state index contributed by atoms with van der Waals surface area (Å²) in [4.78, 5) is 12.5. The van der Waals surface area contributed by atoms with Crippen molar-refractivity contribution in [3.8, 4) is 22.8 Å². The van der Waals surface area contributed by atoms with Crippen molar-refractivity contribution in [2.24, 2.45) is 7.05 Å². The summed E-state index contributed by atoms with van der Waals surface area (Å²) in [7, 11) is 5.00. The number of aryl methyl sites for hydroxylation is 1. The summed E-state index contributed by atoms with van der Waals surface area (Å²) in [6.45, 7) is 0. The van der Waals surface area contributed by atoms with E-state index in [0.29, 0.717) is 22.9 Å². The molecule has 6 nitrogen and oxygen atoms in total. The van der Waals surface area contributed by atoms with Gasteiger partial charge in [-0.15, -0.1) is 0 Å². The van der Waals surface area contributed by atoms with Crippen LogP contribution >= 0.6 is 0 Å². The van der Waals surface area contributed by atoms with Crippen LogP contribution in [0.25, 0.3) is 11.3 Å². The predicted molar refractivity (Wildman–Crippen MR) is 91.5 cm³/mol. The molecular formula is C18H23N3O3. The summed E-state index contributed by atoms with van der Waals surface area (Å²) in [6.07, 6.45) is 4.49. The van der Waals surface area contributed by atoms with Crippen LogP contribution in [-0.2, 0) is 7.05 Å². The fraction of sp³-hybridized carbons (Fsp3) is 0.444. The van der Waals surface area contributed by atoms with Gasteiger partial charge in [-0.3, -0.25) is 9.48 Å². The number of carbonyl (C=O) groups excluding carboxylic acids is 1. The minimum atomic E-state index is -0.0735. The summed E-state index contributed by atoms with van der Waals surface area (Å²) in [6, 6.07) is 7.63. The van der Waals surface area contributed by atoms with Crippen molar-refractivity contribution in [1.29, 1.82) is 0 Å². The second-order valence-electron chi connectivity index (χ2n) is 6.06. The Morgan fingerprint density at radius 3 is 2.62 bits per heavy atom. The number of hydrogen-bond donors (Lipinski definition) is 1. The van der Waals surface area contributed by atoms with Crippen LogP contribution in [0.1, 0.15) is 36.2 Å². The van der Waals surface area contributed by atoms with Crippen LogP contribution in [-0.4, -0.2) is 35.9 Å². The first-order valence-electron chi connectivity index (χ1n) is 8.19. The van der Waals surface area contributed by atoms with E-state index < -0.39 is 0 Å². The molecule has 0 radical (unpaired) electrons. The van der Waals surface area contributed by atoms with Crippen molar-refractivity contribution in [2.45, 2.75) is 31.7 Å². The molecule has 0 atom stereocenters. The molecule has 1 amide bonds. The Labute approximate surface area is 141 Å². The smallest absolute Gasteiger partial charge is 0.269 e. The number of aromatic nitrogens is 2. The van der Waals surface area contributed by atoms with Crippen LogP contribution in [0.5, 0.6) is 11.5 Å². The van der Waals surface area contributed by atoms with Gasteiger partial charge in [-0.1, -0.05) is 12.8 Å². The molecule has 0 spiro atoms. The van der Waals surface area contributed by atoms with Gasteiger partial charge in [0.2, 0.25) is 0 Å². The molecule has 3 rings (SSSR count). The molecule has 1 aromatic heterocycles. The normalized spacial score (nSPS) is 14.6. The maximum absolute atomic E-state index is 12.5. The molecule has 1 aromatic carbocycles. The molecule has 0 unspecified atom stereocenters. The molecule has 1 saturated carbocycles. The Morgan fingerprint density at radius 2 is 1.96 bits per heavy atom. The van der Waals surface area contributed by atoms with Gasteiger partial charge < -0.3 is 14.8 Å². The molecule has 1 aliphatic carbocycles. The van der Waals surface area contributed by atoms with Gasteiger partial charge in [0.1, 0.15) is 17.2 Å². The van der Waals surface area contributed by atoms with Gasteiger partial charge in [0, 0.05) is 24.7 Å². The number of benzene rings is 1. The Morgan fingerprint density at radius 1 is 1.21 bits per heavy atom. The summed E-state index contributed by atoms with van der Waals surface area (Å²) < 4.78 is 12.3. The molecule has 1 aliphatic rings. The van der Waals surface area contributed by atoms with Crippen molar-refractivity contribution in [2.75, 3.05) is 14.2 Å². The second kappa shape index (κ2) is 6.95. The van der Waals surface area contributed by atoms with E-state index in [9.17, 15) is 4.79 Å². The number of nitrogens with zero attached hydrogens (tertiary/aromatic N) is 2. The summed E-state index contributed by atoms with van der Waals surface area (Å²) in [5.41, 5.74) is 2.08. The van der Waals surface area contributed by atoms with Crippen molar-refractivity contribution in [1.82, 2.24) is 15.1 Å². The largest absolute Gasteiger partial charge is 0.497 e. The first-order chi connectivity index (χ1) is 11.6. The van der Waals surface area contributed by atoms with E-state index in [1.807, 2.05) is 18.2 Å². The molecule has 1 fully saturated rings. The number of hydrogen-bond acceptors (Lipinski definition) is 4. The quantitative estimate of drug-likeness (QED) is 0.916. The SMILES string of the molecule is COc1ccc(-c2cc(C(=O)NC3CCCC3)n(C)n2)c(OC)c1. The number of methoxy groups -OCH3 is 2. The zero-order valence-corrected chi connectivity index (χ0v) is 14.3. The molecule has 6 heteroatoms. The minimum absolute atomic E-state index is 0.0735. The molecule has 2 aromatic rings. The Balaban J connectivity index is 1.87. The summed E-state index contributed by atoms with van der Waals surface area (Å²) in [5.74, 6) is 1.30. The van der Waals surface area contributed by atoms with Gasteiger partial charge in [-0.25, -0.2) is 0 Å². The van der Waals surface area contributed by atoms with E-state index in [1.165, 1.54) is 12.8 Å². The fourth-order valence-corrected chi connectivity index (χ4v) is 3.15. The zero-order chi connectivity index (χ0) is 17.1. The standard InChI is InChI=1S/C18H23N3O3/c1-21-16(18(22)19-12-6-4-5-7-12)11-15(20-21)14-9-8-13(23-2)10-17(14)24-3/h8-12H,4-7H2,1-3H3,(H,19,22). The lowest BCUT2D eigenvalue weighted by Gasteiger charge is -2.11. The maximum atomic E-state index is 12.5. The van der Waals surface area contributed by atoms with Crippen molar-refractivity contribution < 1.29 is 14.3 Å². The highest BCUT2D eigenvalue weighted by molar-refractivity contribution is 5.94. The topological polar surface area (TPSA) is 65.4 Å². The average molecular weight is 329 g/mol. The maximum Gasteiger partial charge on any atom is 0.269 e. The second-order valence-corrected chi connectivity index (χ2v) is 6.06. The van der Waals surface area contributed by atoms with Crippen LogP contribution in [0, 0.1) is 0 Å². The molecular weight excluding hydrogens is 306 g/mol. The van der Waals surface area contributed by atoms with Gasteiger partial charge in [-0.2, -0.15) is 5.10 Å². The molecule has 0 saturated heterocycles. The fourth-order valence-electron chi connectivity index (χ4n) is 3.15.